The molecule has 10 aromatic carbocycles. The monoisotopic (exact) mass is 765 g/mol. The molecule has 0 spiro atoms. The lowest BCUT2D eigenvalue weighted by Crippen LogP contribution is -2.14. The van der Waals surface area contributed by atoms with Crippen LogP contribution in [0.25, 0.3) is 77.2 Å². The lowest BCUT2D eigenvalue weighted by atomic mass is 9.81. The van der Waals surface area contributed by atoms with Crippen LogP contribution in [0.1, 0.15) is 25.0 Å². The number of hydrogen-bond acceptors (Lipinski definition) is 1. The van der Waals surface area contributed by atoms with E-state index in [1.807, 2.05) is 0 Å². The average molecular weight is 766 g/mol. The summed E-state index contributed by atoms with van der Waals surface area (Å²) in [5.41, 5.74) is 18.2. The molecule has 10 aromatic rings. The van der Waals surface area contributed by atoms with Gasteiger partial charge in [-0.15, -0.1) is 0 Å². The van der Waals surface area contributed by atoms with E-state index in [4.69, 9.17) is 0 Å². The van der Waals surface area contributed by atoms with E-state index in [0.29, 0.717) is 0 Å². The summed E-state index contributed by atoms with van der Waals surface area (Å²) in [5.74, 6) is 0. The topological polar surface area (TPSA) is 3.24 Å². The Balaban J connectivity index is 1.11. The van der Waals surface area contributed by atoms with Gasteiger partial charge in [-0.2, -0.15) is 0 Å². The van der Waals surface area contributed by atoms with Gasteiger partial charge in [-0.25, -0.2) is 0 Å². The molecule has 284 valence electrons. The van der Waals surface area contributed by atoms with Crippen molar-refractivity contribution in [3.63, 3.8) is 0 Å². The molecule has 0 saturated carbocycles. The second-order valence-electron chi connectivity index (χ2n) is 16.5. The minimum absolute atomic E-state index is 0.0784. The van der Waals surface area contributed by atoms with Crippen LogP contribution >= 0.6 is 0 Å². The Hall–Kier alpha value is -7.48. The third-order valence-corrected chi connectivity index (χ3v) is 12.7. The molecule has 11 rings (SSSR count). The molecule has 0 aromatic heterocycles. The Labute approximate surface area is 352 Å². The zero-order chi connectivity index (χ0) is 40.2. The molecule has 0 atom stereocenters. The summed E-state index contributed by atoms with van der Waals surface area (Å²) in [7, 11) is 0. The van der Waals surface area contributed by atoms with Gasteiger partial charge >= 0.3 is 0 Å². The summed E-state index contributed by atoms with van der Waals surface area (Å²) in [6.07, 6.45) is 0. The number of benzene rings is 10. The highest BCUT2D eigenvalue weighted by molar-refractivity contribution is 6.12. The Bertz CT molecular complexity index is 3230. The van der Waals surface area contributed by atoms with Gasteiger partial charge in [-0.3, -0.25) is 0 Å². The van der Waals surface area contributed by atoms with Crippen LogP contribution in [-0.4, -0.2) is 0 Å². The summed E-state index contributed by atoms with van der Waals surface area (Å²) >= 11 is 0. The molecule has 60 heavy (non-hydrogen) atoms. The predicted molar refractivity (Wildman–Crippen MR) is 255 cm³/mol. The van der Waals surface area contributed by atoms with Crippen LogP contribution in [0.15, 0.2) is 224 Å². The molecular formula is C59H43N. The fourth-order valence-electron chi connectivity index (χ4n) is 9.63. The highest BCUT2D eigenvalue weighted by atomic mass is 15.1. The Morgan fingerprint density at radius 2 is 0.867 bits per heavy atom. The highest BCUT2D eigenvalue weighted by Crippen LogP contribution is 2.50. The first kappa shape index (κ1) is 35.7. The lowest BCUT2D eigenvalue weighted by Gasteiger charge is -2.29. The van der Waals surface area contributed by atoms with Gasteiger partial charge in [0.05, 0.1) is 5.69 Å². The van der Waals surface area contributed by atoms with Gasteiger partial charge in [0, 0.05) is 22.4 Å². The number of hydrogen-bond donors (Lipinski definition) is 0. The van der Waals surface area contributed by atoms with Crippen molar-refractivity contribution in [1.29, 1.82) is 0 Å². The van der Waals surface area contributed by atoms with Gasteiger partial charge in [-0.05, 0) is 125 Å². The Kier molecular flexibility index (Phi) is 8.57. The number of anilines is 3. The van der Waals surface area contributed by atoms with E-state index >= 15 is 0 Å². The smallest absolute Gasteiger partial charge is 0.0540 e. The van der Waals surface area contributed by atoms with Gasteiger partial charge < -0.3 is 4.90 Å². The van der Waals surface area contributed by atoms with Crippen LogP contribution in [-0.2, 0) is 5.41 Å². The van der Waals surface area contributed by atoms with Crippen molar-refractivity contribution in [2.45, 2.75) is 19.3 Å². The fraction of sp³-hybridized carbons (Fsp3) is 0.0508. The van der Waals surface area contributed by atoms with Crippen LogP contribution in [0, 0.1) is 0 Å². The van der Waals surface area contributed by atoms with E-state index in [1.54, 1.807) is 0 Å². The van der Waals surface area contributed by atoms with Crippen molar-refractivity contribution in [3.8, 4) is 55.6 Å². The molecule has 1 heteroatoms. The van der Waals surface area contributed by atoms with E-state index in [-0.39, 0.29) is 5.41 Å². The molecule has 0 fully saturated rings. The summed E-state index contributed by atoms with van der Waals surface area (Å²) in [4.78, 5) is 2.46. The number of fused-ring (bicyclic) bond motifs is 6. The standard InChI is InChI=1S/C59H43N/c1-59(2)56-29-12-11-26-53(56)54-34-31-45(39-57(54)59)43-21-13-23-47(36-43)60(58-35-32-44(40-16-5-3-6-17-40)38-55(58)41-18-7-4-8-19-41)48-24-14-22-46(37-48)50-27-15-28-51-49-25-10-9-20-42(49)30-33-52(50)51/h3-39H,1-2H3. The second kappa shape index (κ2) is 14.4. The van der Waals surface area contributed by atoms with Crippen LogP contribution in [0.2, 0.25) is 0 Å². The minimum Gasteiger partial charge on any atom is -0.310 e. The maximum Gasteiger partial charge on any atom is 0.0540 e. The molecule has 0 amide bonds. The Morgan fingerprint density at radius 1 is 0.300 bits per heavy atom. The summed E-state index contributed by atoms with van der Waals surface area (Å²) in [6.45, 7) is 4.71. The van der Waals surface area contributed by atoms with Crippen LogP contribution < -0.4 is 4.90 Å². The molecule has 0 radical (unpaired) electrons. The largest absolute Gasteiger partial charge is 0.310 e. The van der Waals surface area contributed by atoms with Gasteiger partial charge in [0.2, 0.25) is 0 Å². The second-order valence-corrected chi connectivity index (χ2v) is 16.5. The molecule has 0 N–H and O–H groups in total. The van der Waals surface area contributed by atoms with Crippen molar-refractivity contribution in [2.24, 2.45) is 0 Å². The van der Waals surface area contributed by atoms with E-state index < -0.39 is 0 Å². The Morgan fingerprint density at radius 3 is 1.68 bits per heavy atom. The molecule has 0 heterocycles. The molecule has 0 aliphatic heterocycles. The first-order valence-electron chi connectivity index (χ1n) is 20.9. The zero-order valence-corrected chi connectivity index (χ0v) is 33.8. The first-order chi connectivity index (χ1) is 29.5. The van der Waals surface area contributed by atoms with Crippen molar-refractivity contribution < 1.29 is 0 Å². The van der Waals surface area contributed by atoms with Gasteiger partial charge in [0.25, 0.3) is 0 Å². The average Bonchev–Trinajstić information content (AvgIpc) is 3.54. The predicted octanol–water partition coefficient (Wildman–Crippen LogP) is 16.4. The van der Waals surface area contributed by atoms with E-state index in [1.165, 1.54) is 88.3 Å². The molecular weight excluding hydrogens is 723 g/mol. The van der Waals surface area contributed by atoms with Crippen LogP contribution in [0.4, 0.5) is 17.1 Å². The highest BCUT2D eigenvalue weighted by Gasteiger charge is 2.35. The maximum absolute atomic E-state index is 2.46. The molecule has 0 saturated heterocycles. The van der Waals surface area contributed by atoms with Crippen LogP contribution in [0.5, 0.6) is 0 Å². The number of nitrogens with zero attached hydrogens (tertiary/aromatic N) is 1. The van der Waals surface area contributed by atoms with Crippen molar-refractivity contribution in [1.82, 2.24) is 0 Å². The van der Waals surface area contributed by atoms with E-state index in [9.17, 15) is 0 Å². The number of rotatable bonds is 7. The minimum atomic E-state index is -0.0784. The van der Waals surface area contributed by atoms with Crippen molar-refractivity contribution >= 4 is 38.6 Å². The van der Waals surface area contributed by atoms with Crippen molar-refractivity contribution in [3.05, 3.63) is 236 Å². The SMILES string of the molecule is CC1(C)c2ccccc2-c2ccc(-c3cccc(N(c4cccc(-c5cccc6c5ccc5ccccc56)c4)c4ccc(-c5ccccc5)cc4-c4ccccc4)c3)cc21. The summed E-state index contributed by atoms with van der Waals surface area (Å²) in [5, 5.41) is 5.05. The fourth-order valence-corrected chi connectivity index (χ4v) is 9.63. The van der Waals surface area contributed by atoms with Gasteiger partial charge in [0.15, 0.2) is 0 Å². The van der Waals surface area contributed by atoms with Crippen molar-refractivity contribution in [2.75, 3.05) is 4.90 Å². The van der Waals surface area contributed by atoms with Gasteiger partial charge in [0.1, 0.15) is 0 Å². The normalized spacial score (nSPS) is 12.6. The molecule has 1 aliphatic carbocycles. The lowest BCUT2D eigenvalue weighted by molar-refractivity contribution is 0.660. The molecule has 0 unspecified atom stereocenters. The van der Waals surface area contributed by atoms with E-state index in [2.05, 4.69) is 243 Å². The molecule has 0 bridgehead atoms. The maximum atomic E-state index is 2.46. The van der Waals surface area contributed by atoms with Gasteiger partial charge in [-0.1, -0.05) is 196 Å². The first-order valence-corrected chi connectivity index (χ1v) is 20.9. The quantitative estimate of drug-likeness (QED) is 0.146. The molecule has 1 aliphatic rings. The third kappa shape index (κ3) is 6.01. The third-order valence-electron chi connectivity index (χ3n) is 12.7. The summed E-state index contributed by atoms with van der Waals surface area (Å²) in [6, 6.07) is 82.5. The summed E-state index contributed by atoms with van der Waals surface area (Å²) < 4.78 is 0. The van der Waals surface area contributed by atoms with E-state index in [0.717, 1.165) is 17.1 Å². The molecule has 1 nitrogen and oxygen atoms in total. The zero-order valence-electron chi connectivity index (χ0n) is 33.8. The van der Waals surface area contributed by atoms with Crippen LogP contribution in [0.3, 0.4) is 0 Å².